The SMILES string of the molecule is CNC1CCCN(C(=O)Cc2csc(-c3ccc(OC)c(OC)c3)n2)C1. The molecule has 26 heavy (non-hydrogen) atoms. The van der Waals surface area contributed by atoms with E-state index in [2.05, 4.69) is 10.3 Å². The minimum Gasteiger partial charge on any atom is -0.493 e. The zero-order valence-electron chi connectivity index (χ0n) is 15.4. The lowest BCUT2D eigenvalue weighted by Gasteiger charge is -2.32. The van der Waals surface area contributed by atoms with E-state index in [9.17, 15) is 4.79 Å². The molecule has 0 radical (unpaired) electrons. The van der Waals surface area contributed by atoms with Crippen LogP contribution in [0.25, 0.3) is 10.6 Å². The Morgan fingerprint density at radius 3 is 2.88 bits per heavy atom. The van der Waals surface area contributed by atoms with Crippen LogP contribution in [0.1, 0.15) is 18.5 Å². The van der Waals surface area contributed by atoms with Crippen molar-refractivity contribution in [3.8, 4) is 22.1 Å². The Morgan fingerprint density at radius 2 is 2.15 bits per heavy atom. The van der Waals surface area contributed by atoms with Crippen molar-refractivity contribution in [3.63, 3.8) is 0 Å². The van der Waals surface area contributed by atoms with Crippen molar-refractivity contribution in [2.24, 2.45) is 0 Å². The van der Waals surface area contributed by atoms with Crippen LogP contribution in [0.4, 0.5) is 0 Å². The predicted molar refractivity (Wildman–Crippen MR) is 103 cm³/mol. The third kappa shape index (κ3) is 4.16. The second-order valence-corrected chi connectivity index (χ2v) is 7.22. The number of likely N-dealkylation sites (tertiary alicyclic amines) is 1. The zero-order chi connectivity index (χ0) is 18.5. The van der Waals surface area contributed by atoms with Crippen molar-refractivity contribution in [2.75, 3.05) is 34.4 Å². The first-order valence-electron chi connectivity index (χ1n) is 8.76. The van der Waals surface area contributed by atoms with E-state index in [-0.39, 0.29) is 5.91 Å². The fourth-order valence-corrected chi connectivity index (χ4v) is 4.01. The molecule has 6 nitrogen and oxygen atoms in total. The fourth-order valence-electron chi connectivity index (χ4n) is 3.20. The quantitative estimate of drug-likeness (QED) is 0.841. The Labute approximate surface area is 158 Å². The minimum atomic E-state index is 0.147. The summed E-state index contributed by atoms with van der Waals surface area (Å²) in [5.74, 6) is 1.51. The van der Waals surface area contributed by atoms with E-state index >= 15 is 0 Å². The first-order chi connectivity index (χ1) is 12.6. The summed E-state index contributed by atoms with van der Waals surface area (Å²) in [6, 6.07) is 6.12. The molecule has 0 bridgehead atoms. The number of ether oxygens (including phenoxy) is 2. The molecule has 1 saturated heterocycles. The largest absolute Gasteiger partial charge is 0.493 e. The monoisotopic (exact) mass is 375 g/mol. The number of nitrogens with one attached hydrogen (secondary N) is 1. The van der Waals surface area contributed by atoms with Gasteiger partial charge in [-0.3, -0.25) is 4.79 Å². The summed E-state index contributed by atoms with van der Waals surface area (Å²) < 4.78 is 10.6. The Morgan fingerprint density at radius 1 is 1.35 bits per heavy atom. The van der Waals surface area contributed by atoms with Gasteiger partial charge >= 0.3 is 0 Å². The van der Waals surface area contributed by atoms with E-state index in [0.29, 0.717) is 24.0 Å². The second-order valence-electron chi connectivity index (χ2n) is 6.36. The second kappa shape index (κ2) is 8.51. The lowest BCUT2D eigenvalue weighted by molar-refractivity contribution is -0.131. The van der Waals surface area contributed by atoms with Gasteiger partial charge in [-0.05, 0) is 38.1 Å². The van der Waals surface area contributed by atoms with Crippen molar-refractivity contribution in [1.29, 1.82) is 0 Å². The third-order valence-corrected chi connectivity index (χ3v) is 5.64. The summed E-state index contributed by atoms with van der Waals surface area (Å²) in [5.41, 5.74) is 1.77. The molecular weight excluding hydrogens is 350 g/mol. The van der Waals surface area contributed by atoms with Gasteiger partial charge in [-0.1, -0.05) is 0 Å². The normalized spacial score (nSPS) is 17.2. The van der Waals surface area contributed by atoms with Gasteiger partial charge in [0.15, 0.2) is 11.5 Å². The third-order valence-electron chi connectivity index (χ3n) is 4.70. The van der Waals surface area contributed by atoms with Gasteiger partial charge in [-0.15, -0.1) is 11.3 Å². The van der Waals surface area contributed by atoms with Crippen LogP contribution in [0.5, 0.6) is 11.5 Å². The van der Waals surface area contributed by atoms with Crippen molar-refractivity contribution >= 4 is 17.2 Å². The van der Waals surface area contributed by atoms with E-state index in [1.807, 2.05) is 35.5 Å². The van der Waals surface area contributed by atoms with Gasteiger partial charge in [0, 0.05) is 30.1 Å². The van der Waals surface area contributed by atoms with Crippen LogP contribution in [0.15, 0.2) is 23.6 Å². The van der Waals surface area contributed by atoms with Gasteiger partial charge in [-0.2, -0.15) is 0 Å². The van der Waals surface area contributed by atoms with E-state index in [1.54, 1.807) is 14.2 Å². The molecule has 1 aliphatic heterocycles. The molecule has 1 amide bonds. The highest BCUT2D eigenvalue weighted by atomic mass is 32.1. The fraction of sp³-hybridized carbons (Fsp3) is 0.474. The van der Waals surface area contributed by atoms with Crippen LogP contribution in [0, 0.1) is 0 Å². The Balaban J connectivity index is 1.69. The number of nitrogens with zero attached hydrogens (tertiary/aromatic N) is 2. The smallest absolute Gasteiger partial charge is 0.228 e. The molecule has 3 rings (SSSR count). The molecule has 0 aliphatic carbocycles. The number of amides is 1. The molecule has 1 atom stereocenters. The molecule has 1 fully saturated rings. The van der Waals surface area contributed by atoms with E-state index in [4.69, 9.17) is 9.47 Å². The van der Waals surface area contributed by atoms with Gasteiger partial charge in [0.2, 0.25) is 5.91 Å². The van der Waals surface area contributed by atoms with Gasteiger partial charge in [0.1, 0.15) is 5.01 Å². The molecule has 7 heteroatoms. The van der Waals surface area contributed by atoms with Gasteiger partial charge in [-0.25, -0.2) is 4.98 Å². The average Bonchev–Trinajstić information content (AvgIpc) is 3.15. The molecule has 2 heterocycles. The maximum atomic E-state index is 12.6. The topological polar surface area (TPSA) is 63.7 Å². The number of thiazole rings is 1. The van der Waals surface area contributed by atoms with Crippen LogP contribution < -0.4 is 14.8 Å². The number of piperidine rings is 1. The van der Waals surface area contributed by atoms with E-state index < -0.39 is 0 Å². The molecule has 2 aromatic rings. The minimum absolute atomic E-state index is 0.147. The molecule has 140 valence electrons. The van der Waals surface area contributed by atoms with Crippen LogP contribution in [0.2, 0.25) is 0 Å². The Kier molecular flexibility index (Phi) is 6.11. The summed E-state index contributed by atoms with van der Waals surface area (Å²) in [6.45, 7) is 1.62. The number of hydrogen-bond acceptors (Lipinski definition) is 6. The van der Waals surface area contributed by atoms with E-state index in [0.717, 1.165) is 42.2 Å². The molecule has 0 saturated carbocycles. The number of rotatable bonds is 6. The highest BCUT2D eigenvalue weighted by Crippen LogP contribution is 2.33. The van der Waals surface area contributed by atoms with Crippen LogP contribution in [-0.4, -0.2) is 56.2 Å². The Bertz CT molecular complexity index is 762. The number of benzene rings is 1. The van der Waals surface area contributed by atoms with Crippen LogP contribution in [-0.2, 0) is 11.2 Å². The summed E-state index contributed by atoms with van der Waals surface area (Å²) in [7, 11) is 5.18. The zero-order valence-corrected chi connectivity index (χ0v) is 16.3. The lowest BCUT2D eigenvalue weighted by Crippen LogP contribution is -2.47. The number of carbonyl (C=O) groups excluding carboxylic acids is 1. The molecule has 1 aromatic carbocycles. The van der Waals surface area contributed by atoms with Gasteiger partial charge < -0.3 is 19.7 Å². The van der Waals surface area contributed by atoms with Crippen molar-refractivity contribution in [2.45, 2.75) is 25.3 Å². The summed E-state index contributed by atoms with van der Waals surface area (Å²) in [5, 5.41) is 6.11. The molecule has 1 unspecified atom stereocenters. The van der Waals surface area contributed by atoms with E-state index in [1.165, 1.54) is 11.3 Å². The first-order valence-corrected chi connectivity index (χ1v) is 9.64. The highest BCUT2D eigenvalue weighted by molar-refractivity contribution is 7.13. The number of hydrogen-bond donors (Lipinski definition) is 1. The average molecular weight is 375 g/mol. The summed E-state index contributed by atoms with van der Waals surface area (Å²) in [6.07, 6.45) is 2.52. The number of carbonyl (C=O) groups is 1. The standard InChI is InChI=1S/C19H25N3O3S/c1-20-14-5-4-8-22(11-14)18(23)10-15-12-26-19(21-15)13-6-7-16(24-2)17(9-13)25-3/h6-7,9,12,14,20H,4-5,8,10-11H2,1-3H3. The summed E-state index contributed by atoms with van der Waals surface area (Å²) in [4.78, 5) is 19.2. The molecule has 1 N–H and O–H groups in total. The van der Waals surface area contributed by atoms with Crippen LogP contribution >= 0.6 is 11.3 Å². The maximum absolute atomic E-state index is 12.6. The predicted octanol–water partition coefficient (Wildman–Crippen LogP) is 2.58. The maximum Gasteiger partial charge on any atom is 0.228 e. The van der Waals surface area contributed by atoms with Crippen LogP contribution in [0.3, 0.4) is 0 Å². The summed E-state index contributed by atoms with van der Waals surface area (Å²) >= 11 is 1.54. The lowest BCUT2D eigenvalue weighted by atomic mass is 10.1. The number of likely N-dealkylation sites (N-methyl/N-ethyl adjacent to an activating group) is 1. The number of methoxy groups -OCH3 is 2. The van der Waals surface area contributed by atoms with Crippen molar-refractivity contribution in [3.05, 3.63) is 29.3 Å². The van der Waals surface area contributed by atoms with Gasteiger partial charge in [0.25, 0.3) is 0 Å². The Hall–Kier alpha value is -2.12. The molecule has 1 aliphatic rings. The van der Waals surface area contributed by atoms with Crippen molar-refractivity contribution in [1.82, 2.24) is 15.2 Å². The van der Waals surface area contributed by atoms with Gasteiger partial charge in [0.05, 0.1) is 26.3 Å². The first kappa shape index (κ1) is 18.7. The highest BCUT2D eigenvalue weighted by Gasteiger charge is 2.23. The molecule has 1 aromatic heterocycles. The van der Waals surface area contributed by atoms with Crippen molar-refractivity contribution < 1.29 is 14.3 Å². The molecule has 0 spiro atoms. The molecular formula is C19H25N3O3S. The number of aromatic nitrogens is 1.